The summed E-state index contributed by atoms with van der Waals surface area (Å²) in [6.45, 7) is 8.12. The largest absolute Gasteiger partial charge is 0.444 e. The number of rotatable bonds is 2. The van der Waals surface area contributed by atoms with Crippen LogP contribution >= 0.6 is 0 Å². The molecule has 1 fully saturated rings. The number of carbonyl (C=O) groups is 1. The lowest BCUT2D eigenvalue weighted by Crippen LogP contribution is -2.45. The van der Waals surface area contributed by atoms with E-state index >= 15 is 0 Å². The Bertz CT molecular complexity index is 274. The molecule has 1 saturated heterocycles. The summed E-state index contributed by atoms with van der Waals surface area (Å²) in [7, 11) is 1.43. The SMILES string of the molecule is COC(O)[C@@H]1C[C@@H](C)CN1C(=O)OC(C)(C)C. The lowest BCUT2D eigenvalue weighted by molar-refractivity contribution is -0.116. The van der Waals surface area contributed by atoms with Gasteiger partial charge in [0.15, 0.2) is 6.29 Å². The van der Waals surface area contributed by atoms with Crippen LogP contribution in [0.25, 0.3) is 0 Å². The fourth-order valence-corrected chi connectivity index (χ4v) is 2.04. The van der Waals surface area contributed by atoms with Crippen molar-refractivity contribution >= 4 is 6.09 Å². The number of ether oxygens (including phenoxy) is 2. The van der Waals surface area contributed by atoms with E-state index in [-0.39, 0.29) is 12.1 Å². The molecule has 1 unspecified atom stereocenters. The van der Waals surface area contributed by atoms with Gasteiger partial charge >= 0.3 is 6.09 Å². The second-order valence-electron chi connectivity index (χ2n) is 5.67. The number of hydrogen-bond donors (Lipinski definition) is 1. The Kier molecular flexibility index (Phi) is 4.38. The highest BCUT2D eigenvalue weighted by Gasteiger charge is 2.39. The van der Waals surface area contributed by atoms with Crippen LogP contribution in [-0.4, -0.2) is 47.7 Å². The fourth-order valence-electron chi connectivity index (χ4n) is 2.04. The molecule has 0 bridgehead atoms. The number of likely N-dealkylation sites (tertiary alicyclic amines) is 1. The predicted octanol–water partition coefficient (Wildman–Crippen LogP) is 1.60. The highest BCUT2D eigenvalue weighted by Crippen LogP contribution is 2.27. The molecule has 0 aromatic rings. The molecule has 17 heavy (non-hydrogen) atoms. The first-order chi connectivity index (χ1) is 7.74. The van der Waals surface area contributed by atoms with Crippen molar-refractivity contribution in [2.75, 3.05) is 13.7 Å². The van der Waals surface area contributed by atoms with Crippen molar-refractivity contribution in [3.8, 4) is 0 Å². The Hall–Kier alpha value is -0.810. The summed E-state index contributed by atoms with van der Waals surface area (Å²) in [4.78, 5) is 13.5. The summed E-state index contributed by atoms with van der Waals surface area (Å²) >= 11 is 0. The van der Waals surface area contributed by atoms with Crippen LogP contribution in [0.4, 0.5) is 4.79 Å². The van der Waals surface area contributed by atoms with Gasteiger partial charge in [0, 0.05) is 13.7 Å². The van der Waals surface area contributed by atoms with Gasteiger partial charge in [-0.1, -0.05) is 6.92 Å². The molecule has 1 N–H and O–H groups in total. The van der Waals surface area contributed by atoms with Gasteiger partial charge in [-0.05, 0) is 33.1 Å². The van der Waals surface area contributed by atoms with Gasteiger partial charge in [0.2, 0.25) is 0 Å². The second-order valence-corrected chi connectivity index (χ2v) is 5.67. The molecule has 1 rings (SSSR count). The van der Waals surface area contributed by atoms with E-state index in [0.29, 0.717) is 12.5 Å². The van der Waals surface area contributed by atoms with E-state index in [2.05, 4.69) is 0 Å². The summed E-state index contributed by atoms with van der Waals surface area (Å²) < 4.78 is 10.2. The molecule has 3 atom stereocenters. The van der Waals surface area contributed by atoms with E-state index < -0.39 is 11.9 Å². The minimum Gasteiger partial charge on any atom is -0.444 e. The highest BCUT2D eigenvalue weighted by molar-refractivity contribution is 5.69. The zero-order valence-corrected chi connectivity index (χ0v) is 11.3. The van der Waals surface area contributed by atoms with Crippen molar-refractivity contribution in [2.24, 2.45) is 5.92 Å². The van der Waals surface area contributed by atoms with E-state index in [1.165, 1.54) is 7.11 Å². The number of hydrogen-bond acceptors (Lipinski definition) is 4. The number of carbonyl (C=O) groups excluding carboxylic acids is 1. The maximum atomic E-state index is 12.0. The molecule has 5 heteroatoms. The Balaban J connectivity index is 2.70. The third kappa shape index (κ3) is 3.85. The normalized spacial score (nSPS) is 27.1. The molecule has 0 aromatic carbocycles. The first kappa shape index (κ1) is 14.3. The van der Waals surface area contributed by atoms with E-state index in [1.807, 2.05) is 27.7 Å². The lowest BCUT2D eigenvalue weighted by Gasteiger charge is -2.30. The van der Waals surface area contributed by atoms with E-state index in [0.717, 1.165) is 6.42 Å². The Morgan fingerprint density at radius 1 is 1.47 bits per heavy atom. The Labute approximate surface area is 103 Å². The summed E-state index contributed by atoms with van der Waals surface area (Å²) in [5.74, 6) is 0.345. The Morgan fingerprint density at radius 3 is 2.53 bits per heavy atom. The number of aliphatic hydroxyl groups excluding tert-OH is 1. The maximum absolute atomic E-state index is 12.0. The zero-order valence-electron chi connectivity index (χ0n) is 11.3. The van der Waals surface area contributed by atoms with Crippen LogP contribution in [0.5, 0.6) is 0 Å². The third-order valence-corrected chi connectivity index (χ3v) is 2.75. The number of methoxy groups -OCH3 is 1. The average molecular weight is 245 g/mol. The first-order valence-corrected chi connectivity index (χ1v) is 5.95. The van der Waals surface area contributed by atoms with Gasteiger partial charge < -0.3 is 14.6 Å². The molecule has 1 heterocycles. The van der Waals surface area contributed by atoms with Crippen LogP contribution < -0.4 is 0 Å². The number of aliphatic hydroxyl groups is 1. The molecule has 0 aliphatic carbocycles. The molecule has 0 spiro atoms. The van der Waals surface area contributed by atoms with E-state index in [9.17, 15) is 9.90 Å². The maximum Gasteiger partial charge on any atom is 0.410 e. The van der Waals surface area contributed by atoms with Gasteiger partial charge in [-0.3, -0.25) is 4.90 Å². The van der Waals surface area contributed by atoms with Gasteiger partial charge in [0.05, 0.1) is 6.04 Å². The first-order valence-electron chi connectivity index (χ1n) is 5.95. The standard InChI is InChI=1S/C12H23NO4/c1-8-6-9(10(14)16-5)13(7-8)11(15)17-12(2,3)4/h8-10,14H,6-7H2,1-5H3/t8-,9+,10?/m1/s1. The van der Waals surface area contributed by atoms with Crippen molar-refractivity contribution in [1.29, 1.82) is 0 Å². The van der Waals surface area contributed by atoms with Crippen molar-refractivity contribution in [2.45, 2.75) is 52.0 Å². The molecule has 1 aliphatic rings. The van der Waals surface area contributed by atoms with Gasteiger partial charge in [0.1, 0.15) is 5.60 Å². The van der Waals surface area contributed by atoms with Crippen LogP contribution in [0.1, 0.15) is 34.1 Å². The quantitative estimate of drug-likeness (QED) is 0.751. The molecule has 5 nitrogen and oxygen atoms in total. The van der Waals surface area contributed by atoms with Gasteiger partial charge in [-0.25, -0.2) is 4.79 Å². The van der Waals surface area contributed by atoms with Gasteiger partial charge in [-0.2, -0.15) is 0 Å². The lowest BCUT2D eigenvalue weighted by atomic mass is 10.1. The monoisotopic (exact) mass is 245 g/mol. The fraction of sp³-hybridized carbons (Fsp3) is 0.917. The summed E-state index contributed by atoms with van der Waals surface area (Å²) in [5.41, 5.74) is -0.522. The molecule has 1 amide bonds. The van der Waals surface area contributed by atoms with Crippen LogP contribution in [0.2, 0.25) is 0 Å². The summed E-state index contributed by atoms with van der Waals surface area (Å²) in [6, 6.07) is -0.315. The minimum absolute atomic E-state index is 0.315. The summed E-state index contributed by atoms with van der Waals surface area (Å²) in [5, 5.41) is 9.72. The molecular formula is C12H23NO4. The molecule has 100 valence electrons. The van der Waals surface area contributed by atoms with Crippen LogP contribution in [0, 0.1) is 5.92 Å². The topological polar surface area (TPSA) is 59.0 Å². The zero-order chi connectivity index (χ0) is 13.2. The third-order valence-electron chi connectivity index (χ3n) is 2.75. The van der Waals surface area contributed by atoms with Crippen LogP contribution in [0.3, 0.4) is 0 Å². The predicted molar refractivity (Wildman–Crippen MR) is 63.5 cm³/mol. The molecule has 0 saturated carbocycles. The molecule has 0 aromatic heterocycles. The highest BCUT2D eigenvalue weighted by atomic mass is 16.6. The van der Waals surface area contributed by atoms with Crippen molar-refractivity contribution in [3.05, 3.63) is 0 Å². The van der Waals surface area contributed by atoms with Crippen molar-refractivity contribution in [3.63, 3.8) is 0 Å². The number of amides is 1. The Morgan fingerprint density at radius 2 is 2.06 bits per heavy atom. The number of nitrogens with zero attached hydrogens (tertiary/aromatic N) is 1. The molecule has 0 radical (unpaired) electrons. The minimum atomic E-state index is -0.951. The van der Waals surface area contributed by atoms with Crippen LogP contribution in [-0.2, 0) is 9.47 Å². The van der Waals surface area contributed by atoms with Crippen molar-refractivity contribution < 1.29 is 19.4 Å². The molecule has 1 aliphatic heterocycles. The van der Waals surface area contributed by atoms with Gasteiger partial charge in [0.25, 0.3) is 0 Å². The second kappa shape index (κ2) is 5.23. The average Bonchev–Trinajstić information content (AvgIpc) is 2.56. The van der Waals surface area contributed by atoms with Gasteiger partial charge in [-0.15, -0.1) is 0 Å². The van der Waals surface area contributed by atoms with Crippen LogP contribution in [0.15, 0.2) is 0 Å². The van der Waals surface area contributed by atoms with Crippen molar-refractivity contribution in [1.82, 2.24) is 4.90 Å². The van der Waals surface area contributed by atoms with E-state index in [4.69, 9.17) is 9.47 Å². The molecular weight excluding hydrogens is 222 g/mol. The smallest absolute Gasteiger partial charge is 0.410 e. The van der Waals surface area contributed by atoms with E-state index in [1.54, 1.807) is 4.90 Å². The summed E-state index contributed by atoms with van der Waals surface area (Å²) in [6.07, 6.45) is -0.607.